The summed E-state index contributed by atoms with van der Waals surface area (Å²) in [5, 5.41) is 6.18. The molecule has 0 rings (SSSR count). The Morgan fingerprint density at radius 3 is 1.94 bits per heavy atom. The minimum Gasteiger partial charge on any atom is -0.388 e. The van der Waals surface area contributed by atoms with E-state index in [1.165, 1.54) is 13.8 Å². The Kier molecular flexibility index (Phi) is 5.71. The lowest BCUT2D eigenvalue weighted by Crippen LogP contribution is -2.29. The van der Waals surface area contributed by atoms with Crippen molar-refractivity contribution in [2.45, 2.75) is 37.8 Å². The highest BCUT2D eigenvalue weighted by Crippen LogP contribution is 2.69. The van der Waals surface area contributed by atoms with Crippen molar-refractivity contribution in [3.63, 3.8) is 0 Å². The number of amidine groups is 1. The van der Waals surface area contributed by atoms with Crippen LogP contribution in [-0.4, -0.2) is 41.6 Å². The molecule has 18 heavy (non-hydrogen) atoms. The minimum absolute atomic E-state index is 0.138. The summed E-state index contributed by atoms with van der Waals surface area (Å²) in [5.74, 6) is 0.221. The fourth-order valence-electron chi connectivity index (χ4n) is 1.28. The quantitative estimate of drug-likeness (QED) is 0.217. The van der Waals surface area contributed by atoms with E-state index in [-0.39, 0.29) is 12.3 Å². The summed E-state index contributed by atoms with van der Waals surface area (Å²) in [4.78, 5) is 39.3. The molecule has 0 saturated carbocycles. The van der Waals surface area contributed by atoms with Crippen molar-refractivity contribution in [2.24, 2.45) is 10.7 Å². The van der Waals surface area contributed by atoms with E-state index in [9.17, 15) is 14.2 Å². The average Bonchev–Trinajstić information content (AvgIpc) is 2.09. The second-order valence-electron chi connectivity index (χ2n) is 4.02. The Hall–Kier alpha value is -0.270. The van der Waals surface area contributed by atoms with Gasteiger partial charge in [-0.25, -0.2) is 0 Å². The van der Waals surface area contributed by atoms with Gasteiger partial charge in [-0.05, 0) is 20.3 Å². The average molecular weight is 304 g/mol. The Morgan fingerprint density at radius 1 is 1.28 bits per heavy atom. The normalized spacial score (nSPS) is 16.7. The van der Waals surface area contributed by atoms with Gasteiger partial charge in [-0.1, -0.05) is 0 Å². The first-order chi connectivity index (χ1) is 7.81. The van der Waals surface area contributed by atoms with Crippen LogP contribution in [0.25, 0.3) is 0 Å². The number of aliphatic imine (C=N–C) groups is 1. The maximum absolute atomic E-state index is 11.0. The predicted molar refractivity (Wildman–Crippen MR) is 65.0 cm³/mol. The number of hydrogen-bond acceptors (Lipinski definition) is 4. The topological polar surface area (TPSA) is 174 Å². The molecule has 0 spiro atoms. The molecule has 7 N–H and O–H groups in total. The highest BCUT2D eigenvalue weighted by atomic mass is 31.2. The van der Waals surface area contributed by atoms with Crippen LogP contribution in [0.5, 0.6) is 0 Å². The largest absolute Gasteiger partial charge is 0.388 e. The lowest BCUT2D eigenvalue weighted by Gasteiger charge is -2.29. The Morgan fingerprint density at radius 2 is 1.67 bits per heavy atom. The molecule has 0 aromatic heterocycles. The molecule has 0 aromatic carbocycles. The van der Waals surface area contributed by atoms with Crippen LogP contribution < -0.4 is 5.73 Å². The molecule has 0 aromatic rings. The van der Waals surface area contributed by atoms with Crippen molar-refractivity contribution in [3.8, 4) is 0 Å². The van der Waals surface area contributed by atoms with Crippen molar-refractivity contribution in [1.29, 1.82) is 0 Å². The standard InChI is InChI=1S/C7H18N2O7P2/c1-5(9-6(2)8)3-4-7(10,17(11,12)13)18(14,15)16/h5,10H,3-4H2,1-2H3,(H2,8,9)(H2,11,12,13)(H2,14,15,16). The van der Waals surface area contributed by atoms with Gasteiger partial charge in [-0.3, -0.25) is 14.1 Å². The zero-order valence-corrected chi connectivity index (χ0v) is 11.8. The van der Waals surface area contributed by atoms with Gasteiger partial charge in [-0.15, -0.1) is 0 Å². The molecule has 11 heteroatoms. The first-order valence-corrected chi connectivity index (χ1v) is 8.17. The summed E-state index contributed by atoms with van der Waals surface area (Å²) in [6.45, 7) is 3.03. The third-order valence-corrected chi connectivity index (χ3v) is 6.13. The van der Waals surface area contributed by atoms with Gasteiger partial charge < -0.3 is 30.4 Å². The zero-order valence-electron chi connectivity index (χ0n) is 9.96. The van der Waals surface area contributed by atoms with Gasteiger partial charge in [0.15, 0.2) is 0 Å². The summed E-state index contributed by atoms with van der Waals surface area (Å²) < 4.78 is 22.1. The van der Waals surface area contributed by atoms with Gasteiger partial charge >= 0.3 is 15.2 Å². The smallest absolute Gasteiger partial charge is 0.369 e. The summed E-state index contributed by atoms with van der Waals surface area (Å²) in [7, 11) is -10.8. The summed E-state index contributed by atoms with van der Waals surface area (Å²) in [5.41, 5.74) is 5.28. The van der Waals surface area contributed by atoms with Gasteiger partial charge in [0.25, 0.3) is 5.08 Å². The maximum atomic E-state index is 11.0. The van der Waals surface area contributed by atoms with E-state index >= 15 is 0 Å². The third-order valence-electron chi connectivity index (χ3n) is 2.25. The van der Waals surface area contributed by atoms with E-state index in [4.69, 9.17) is 25.3 Å². The zero-order chi connectivity index (χ0) is 14.8. The molecule has 0 radical (unpaired) electrons. The van der Waals surface area contributed by atoms with Gasteiger partial charge in [-0.2, -0.15) is 0 Å². The van der Waals surface area contributed by atoms with E-state index in [0.29, 0.717) is 0 Å². The second kappa shape index (κ2) is 5.79. The molecule has 0 fully saturated rings. The molecular weight excluding hydrogens is 286 g/mol. The first kappa shape index (κ1) is 17.7. The lowest BCUT2D eigenvalue weighted by molar-refractivity contribution is 0.119. The van der Waals surface area contributed by atoms with Crippen LogP contribution in [-0.2, 0) is 9.13 Å². The van der Waals surface area contributed by atoms with Crippen LogP contribution in [0.1, 0.15) is 26.7 Å². The van der Waals surface area contributed by atoms with E-state index in [0.717, 1.165) is 0 Å². The number of rotatable bonds is 6. The molecule has 0 bridgehead atoms. The van der Waals surface area contributed by atoms with Crippen molar-refractivity contribution in [1.82, 2.24) is 0 Å². The van der Waals surface area contributed by atoms with E-state index in [1.54, 1.807) is 0 Å². The molecule has 9 nitrogen and oxygen atoms in total. The van der Waals surface area contributed by atoms with Crippen LogP contribution in [0.3, 0.4) is 0 Å². The number of nitrogens with zero attached hydrogens (tertiary/aromatic N) is 1. The summed E-state index contributed by atoms with van der Waals surface area (Å²) in [6, 6.07) is -0.528. The molecule has 0 amide bonds. The van der Waals surface area contributed by atoms with Crippen LogP contribution in [0, 0.1) is 0 Å². The van der Waals surface area contributed by atoms with E-state index < -0.39 is 32.7 Å². The van der Waals surface area contributed by atoms with Crippen molar-refractivity contribution >= 4 is 21.0 Å². The molecule has 0 aliphatic heterocycles. The fraction of sp³-hybridized carbons (Fsp3) is 0.857. The van der Waals surface area contributed by atoms with Gasteiger partial charge in [0.2, 0.25) is 0 Å². The van der Waals surface area contributed by atoms with Gasteiger partial charge in [0.05, 0.1) is 5.84 Å². The van der Waals surface area contributed by atoms with Crippen LogP contribution in [0.15, 0.2) is 4.99 Å². The molecular formula is C7H18N2O7P2. The van der Waals surface area contributed by atoms with Crippen molar-refractivity contribution in [3.05, 3.63) is 0 Å². The minimum atomic E-state index is -5.39. The van der Waals surface area contributed by atoms with E-state index in [2.05, 4.69) is 4.99 Å². The molecule has 108 valence electrons. The van der Waals surface area contributed by atoms with E-state index in [1.807, 2.05) is 0 Å². The lowest BCUT2D eigenvalue weighted by atomic mass is 10.2. The maximum Gasteiger partial charge on any atom is 0.369 e. The number of hydrogen-bond donors (Lipinski definition) is 6. The van der Waals surface area contributed by atoms with Gasteiger partial charge in [0, 0.05) is 12.5 Å². The van der Waals surface area contributed by atoms with Crippen LogP contribution in [0.4, 0.5) is 0 Å². The predicted octanol–water partition coefficient (Wildman–Crippen LogP) is -0.466. The first-order valence-electron chi connectivity index (χ1n) is 4.95. The molecule has 0 saturated heterocycles. The summed E-state index contributed by atoms with van der Waals surface area (Å²) in [6.07, 6.45) is -0.930. The molecule has 0 heterocycles. The number of nitrogens with two attached hydrogens (primary N) is 1. The van der Waals surface area contributed by atoms with Crippen LogP contribution in [0.2, 0.25) is 0 Å². The third kappa shape index (κ3) is 4.44. The molecule has 1 atom stereocenters. The second-order valence-corrected chi connectivity index (χ2v) is 8.03. The Bertz CT molecular complexity index is 386. The highest BCUT2D eigenvalue weighted by molar-refractivity contribution is 7.72. The molecule has 0 aliphatic carbocycles. The summed E-state index contributed by atoms with van der Waals surface area (Å²) >= 11 is 0. The van der Waals surface area contributed by atoms with Crippen molar-refractivity contribution in [2.75, 3.05) is 0 Å². The molecule has 1 unspecified atom stereocenters. The van der Waals surface area contributed by atoms with Gasteiger partial charge in [0.1, 0.15) is 0 Å². The fourth-order valence-corrected chi connectivity index (χ4v) is 3.47. The number of aliphatic hydroxyl groups is 1. The van der Waals surface area contributed by atoms with Crippen LogP contribution >= 0.6 is 15.2 Å². The monoisotopic (exact) mass is 304 g/mol. The van der Waals surface area contributed by atoms with Crippen molar-refractivity contribution < 1.29 is 33.8 Å². The Balaban J connectivity index is 5.04. The Labute approximate surface area is 104 Å². The molecule has 0 aliphatic rings. The SMILES string of the molecule is CC(N)=NC(C)CCC(O)(P(=O)(O)O)P(=O)(O)O. The highest BCUT2D eigenvalue weighted by Gasteiger charge is 2.58.